The van der Waals surface area contributed by atoms with Gasteiger partial charge in [0.2, 0.25) is 0 Å². The number of benzene rings is 1. The number of carbonyl (C=O) groups is 1. The van der Waals surface area contributed by atoms with Gasteiger partial charge in [0.25, 0.3) is 0 Å². The quantitative estimate of drug-likeness (QED) is 0.606. The Balaban J connectivity index is 1.79. The first-order valence-electron chi connectivity index (χ1n) is 9.64. The number of aryl methyl sites for hydroxylation is 1. The van der Waals surface area contributed by atoms with Crippen LogP contribution >= 0.6 is 11.3 Å². The van der Waals surface area contributed by atoms with E-state index in [9.17, 15) is 9.18 Å². The Kier molecular flexibility index (Phi) is 6.23. The maximum absolute atomic E-state index is 14.7. The first kappa shape index (κ1) is 20.6. The van der Waals surface area contributed by atoms with E-state index >= 15 is 0 Å². The summed E-state index contributed by atoms with van der Waals surface area (Å²) < 4.78 is 20.8. The van der Waals surface area contributed by atoms with Crippen LogP contribution in [-0.4, -0.2) is 23.4 Å². The van der Waals surface area contributed by atoms with Gasteiger partial charge in [0, 0.05) is 17.7 Å². The van der Waals surface area contributed by atoms with Crippen molar-refractivity contribution in [3.63, 3.8) is 0 Å². The Morgan fingerprint density at radius 2 is 2.07 bits per heavy atom. The van der Waals surface area contributed by atoms with Crippen molar-refractivity contribution in [3.05, 3.63) is 56.8 Å². The van der Waals surface area contributed by atoms with Gasteiger partial charge in [0.15, 0.2) is 0 Å². The number of carboxylic acid groups (broad SMARTS) is 1. The molecule has 1 unspecified atom stereocenters. The van der Waals surface area contributed by atoms with Gasteiger partial charge < -0.3 is 9.84 Å². The molecule has 150 valence electrons. The van der Waals surface area contributed by atoms with Crippen molar-refractivity contribution >= 4 is 22.9 Å². The average Bonchev–Trinajstić information content (AvgIpc) is 3.15. The molecule has 0 spiro atoms. The van der Waals surface area contributed by atoms with Gasteiger partial charge in [-0.05, 0) is 85.4 Å². The number of halogens is 1. The highest BCUT2D eigenvalue weighted by atomic mass is 32.1. The average molecular weight is 403 g/mol. The zero-order chi connectivity index (χ0) is 20.3. The van der Waals surface area contributed by atoms with Crippen molar-refractivity contribution in [2.45, 2.75) is 58.5 Å². The first-order chi connectivity index (χ1) is 13.3. The van der Waals surface area contributed by atoms with E-state index in [1.54, 1.807) is 18.3 Å². The van der Waals surface area contributed by atoms with Gasteiger partial charge in [-0.1, -0.05) is 12.1 Å². The summed E-state index contributed by atoms with van der Waals surface area (Å²) in [6.45, 7) is 6.03. The maximum Gasteiger partial charge on any atom is 0.303 e. The largest absolute Gasteiger partial charge is 0.489 e. The Labute approximate surface area is 169 Å². The molecule has 1 aromatic heterocycles. The normalized spacial score (nSPS) is 19.7. The van der Waals surface area contributed by atoms with Gasteiger partial charge in [-0.25, -0.2) is 4.39 Å². The maximum atomic E-state index is 14.7. The minimum Gasteiger partial charge on any atom is -0.489 e. The summed E-state index contributed by atoms with van der Waals surface area (Å²) in [5.41, 5.74) is 4.17. The molecule has 1 aliphatic carbocycles. The van der Waals surface area contributed by atoms with E-state index in [4.69, 9.17) is 9.84 Å². The fourth-order valence-corrected chi connectivity index (χ4v) is 4.62. The molecule has 1 N–H and O–H groups in total. The molecule has 0 amide bonds. The lowest BCUT2D eigenvalue weighted by molar-refractivity contribution is -0.136. The number of rotatable bonds is 7. The molecule has 0 saturated carbocycles. The van der Waals surface area contributed by atoms with E-state index in [0.29, 0.717) is 25.9 Å². The van der Waals surface area contributed by atoms with Crippen molar-refractivity contribution < 1.29 is 19.0 Å². The molecule has 3 rings (SSSR count). The molecule has 1 atom stereocenters. The lowest BCUT2D eigenvalue weighted by Crippen LogP contribution is -2.25. The number of thiophene rings is 1. The molecule has 0 fully saturated rings. The minimum absolute atomic E-state index is 0.118. The molecular weight excluding hydrogens is 375 g/mol. The summed E-state index contributed by atoms with van der Waals surface area (Å²) >= 11 is 1.69. The fourth-order valence-electron chi connectivity index (χ4n) is 3.77. The second kappa shape index (κ2) is 8.48. The Bertz CT molecular complexity index is 882. The molecule has 1 heterocycles. The second-order valence-electron chi connectivity index (χ2n) is 7.80. The molecule has 1 aromatic carbocycles. The summed E-state index contributed by atoms with van der Waals surface area (Å²) in [6, 6.07) is 7.96. The molecule has 0 radical (unpaired) electrons. The summed E-state index contributed by atoms with van der Waals surface area (Å²) in [5.74, 6) is -0.0160. The van der Waals surface area contributed by atoms with Crippen LogP contribution in [0, 0.1) is 13.8 Å². The van der Waals surface area contributed by atoms with E-state index in [2.05, 4.69) is 6.07 Å². The number of ether oxygens (including phenoxy) is 1. The molecule has 28 heavy (non-hydrogen) atoms. The Hall–Kier alpha value is -2.14. The molecule has 1 aliphatic rings. The molecule has 0 bridgehead atoms. The van der Waals surface area contributed by atoms with Gasteiger partial charge in [-0.3, -0.25) is 4.79 Å². The van der Waals surface area contributed by atoms with Gasteiger partial charge in [0.05, 0.1) is 0 Å². The van der Waals surface area contributed by atoms with Crippen molar-refractivity contribution in [1.29, 1.82) is 0 Å². The van der Waals surface area contributed by atoms with Crippen molar-refractivity contribution in [3.8, 4) is 5.75 Å². The minimum atomic E-state index is -1.19. The van der Waals surface area contributed by atoms with Gasteiger partial charge in [-0.2, -0.15) is 0 Å². The fraction of sp³-hybridized carbons (Fsp3) is 0.435. The van der Waals surface area contributed by atoms with Crippen LogP contribution in [0.5, 0.6) is 5.75 Å². The van der Waals surface area contributed by atoms with Crippen LogP contribution in [0.15, 0.2) is 35.2 Å². The highest BCUT2D eigenvalue weighted by Crippen LogP contribution is 2.41. The zero-order valence-corrected chi connectivity index (χ0v) is 17.5. The molecule has 3 nitrogen and oxygen atoms in total. The standard InChI is InChI=1S/C23H27FO3S/c1-15-16(2)20(8-6-17(15)7-9-22(25)26)27-14-18-13-23(3,24)11-10-19(18)21-5-4-12-28-21/h4-6,8,12H,7,9-11,13-14H2,1-3H3,(H,25,26). The number of carboxylic acids is 1. The summed E-state index contributed by atoms with van der Waals surface area (Å²) in [7, 11) is 0. The summed E-state index contributed by atoms with van der Waals surface area (Å²) in [6.07, 6.45) is 2.30. The van der Waals surface area contributed by atoms with E-state index < -0.39 is 11.6 Å². The van der Waals surface area contributed by atoms with Crippen LogP contribution in [0.2, 0.25) is 0 Å². The van der Waals surface area contributed by atoms with E-state index in [1.807, 2.05) is 37.4 Å². The third kappa shape index (κ3) is 4.82. The van der Waals surface area contributed by atoms with Crippen LogP contribution in [0.1, 0.15) is 54.2 Å². The zero-order valence-electron chi connectivity index (χ0n) is 16.7. The lowest BCUT2D eigenvalue weighted by atomic mass is 9.82. The van der Waals surface area contributed by atoms with Gasteiger partial charge >= 0.3 is 5.97 Å². The highest BCUT2D eigenvalue weighted by molar-refractivity contribution is 7.11. The summed E-state index contributed by atoms with van der Waals surface area (Å²) in [4.78, 5) is 12.0. The Morgan fingerprint density at radius 3 is 2.75 bits per heavy atom. The van der Waals surface area contributed by atoms with Crippen LogP contribution in [0.4, 0.5) is 4.39 Å². The number of alkyl halides is 1. The van der Waals surface area contributed by atoms with Gasteiger partial charge in [-0.15, -0.1) is 11.3 Å². The number of hydrogen-bond donors (Lipinski definition) is 1. The topological polar surface area (TPSA) is 46.5 Å². The number of aliphatic carboxylic acids is 1. The Morgan fingerprint density at radius 1 is 1.29 bits per heavy atom. The van der Waals surface area contributed by atoms with Crippen molar-refractivity contribution in [2.24, 2.45) is 0 Å². The molecule has 0 saturated heterocycles. The monoisotopic (exact) mass is 402 g/mol. The predicted molar refractivity (Wildman–Crippen MR) is 112 cm³/mol. The number of hydrogen-bond acceptors (Lipinski definition) is 3. The van der Waals surface area contributed by atoms with Crippen molar-refractivity contribution in [2.75, 3.05) is 6.61 Å². The smallest absolute Gasteiger partial charge is 0.303 e. The van der Waals surface area contributed by atoms with E-state index in [0.717, 1.165) is 34.4 Å². The molecule has 0 aliphatic heterocycles. The first-order valence-corrected chi connectivity index (χ1v) is 10.5. The molecular formula is C23H27FO3S. The SMILES string of the molecule is Cc1c(CCC(=O)O)ccc(OCC2=C(c3cccs3)CCC(C)(F)C2)c1C. The third-order valence-electron chi connectivity index (χ3n) is 5.58. The van der Waals surface area contributed by atoms with E-state index in [1.165, 1.54) is 10.5 Å². The summed E-state index contributed by atoms with van der Waals surface area (Å²) in [5, 5.41) is 11.0. The third-order valence-corrected chi connectivity index (χ3v) is 6.51. The van der Waals surface area contributed by atoms with Crippen LogP contribution in [0.25, 0.3) is 5.57 Å². The van der Waals surface area contributed by atoms with Crippen molar-refractivity contribution in [1.82, 2.24) is 0 Å². The molecule has 2 aromatic rings. The number of allylic oxidation sites excluding steroid dienone is 1. The second-order valence-corrected chi connectivity index (χ2v) is 8.75. The van der Waals surface area contributed by atoms with Crippen LogP contribution in [-0.2, 0) is 11.2 Å². The molecule has 5 heteroatoms. The van der Waals surface area contributed by atoms with Gasteiger partial charge in [0.1, 0.15) is 18.0 Å². The van der Waals surface area contributed by atoms with Crippen LogP contribution in [0.3, 0.4) is 0 Å². The van der Waals surface area contributed by atoms with Crippen LogP contribution < -0.4 is 4.74 Å². The lowest BCUT2D eigenvalue weighted by Gasteiger charge is -2.30. The van der Waals surface area contributed by atoms with E-state index in [-0.39, 0.29) is 6.42 Å². The predicted octanol–water partition coefficient (Wildman–Crippen LogP) is 6.13. The highest BCUT2D eigenvalue weighted by Gasteiger charge is 2.32.